The van der Waals surface area contributed by atoms with E-state index in [0.29, 0.717) is 30.0 Å². The Labute approximate surface area is 209 Å². The van der Waals surface area contributed by atoms with E-state index in [0.717, 1.165) is 27.4 Å². The van der Waals surface area contributed by atoms with Crippen LogP contribution in [0.15, 0.2) is 59.6 Å². The van der Waals surface area contributed by atoms with Crippen LogP contribution in [0.1, 0.15) is 28.8 Å². The molecule has 0 spiro atoms. The minimum Gasteiger partial charge on any atom is -0.251 e. The molecule has 0 bridgehead atoms. The van der Waals surface area contributed by atoms with Gasteiger partial charge in [0.05, 0.1) is 45.2 Å². The van der Waals surface area contributed by atoms with Crippen molar-refractivity contribution in [2.75, 3.05) is 0 Å². The van der Waals surface area contributed by atoms with Crippen LogP contribution in [0, 0.1) is 0 Å². The monoisotopic (exact) mass is 540 g/mol. The molecule has 0 N–H and O–H groups in total. The summed E-state index contributed by atoms with van der Waals surface area (Å²) in [6.07, 6.45) is -7.39. The zero-order chi connectivity index (χ0) is 25.7. The third kappa shape index (κ3) is 4.90. The zero-order valence-electron chi connectivity index (χ0n) is 18.2. The number of thiophene rings is 1. The van der Waals surface area contributed by atoms with Gasteiger partial charge < -0.3 is 0 Å². The largest absolute Gasteiger partial charge is 0.416 e. The molecule has 186 valence electrons. The van der Waals surface area contributed by atoms with Gasteiger partial charge in [0.1, 0.15) is 5.69 Å². The van der Waals surface area contributed by atoms with E-state index in [4.69, 9.17) is 16.6 Å². The van der Waals surface area contributed by atoms with Gasteiger partial charge in [-0.1, -0.05) is 22.9 Å². The number of rotatable bonds is 4. The number of aryl methyl sites for hydroxylation is 1. The topological polar surface area (TPSA) is 43.6 Å². The second kappa shape index (κ2) is 9.04. The summed E-state index contributed by atoms with van der Waals surface area (Å²) in [5.74, 6) is 0. The van der Waals surface area contributed by atoms with Gasteiger partial charge in [0.2, 0.25) is 0 Å². The molecule has 4 nitrogen and oxygen atoms in total. The van der Waals surface area contributed by atoms with Gasteiger partial charge in [0.15, 0.2) is 0 Å². The molecule has 0 aliphatic heterocycles. The SMILES string of the molecule is FC(F)(F)c1cc(-c2cn(CC3=C(Cl)c4ccc(-c5cccs5)nc4CC3)nn2)cc(C(F)(F)F)c1. The van der Waals surface area contributed by atoms with Crippen LogP contribution >= 0.6 is 22.9 Å². The molecule has 0 radical (unpaired) electrons. The quantitative estimate of drug-likeness (QED) is 0.249. The molecule has 0 unspecified atom stereocenters. The van der Waals surface area contributed by atoms with E-state index in [1.807, 2.05) is 29.6 Å². The summed E-state index contributed by atoms with van der Waals surface area (Å²) in [5.41, 5.74) is 0.0495. The highest BCUT2D eigenvalue weighted by molar-refractivity contribution is 7.13. The Morgan fingerprint density at radius 1 is 0.917 bits per heavy atom. The predicted octanol–water partition coefficient (Wildman–Crippen LogP) is 7.70. The van der Waals surface area contributed by atoms with Crippen molar-refractivity contribution in [3.05, 3.63) is 82.0 Å². The van der Waals surface area contributed by atoms with Crippen LogP contribution in [0.5, 0.6) is 0 Å². The number of alkyl halides is 6. The van der Waals surface area contributed by atoms with E-state index in [9.17, 15) is 26.3 Å². The van der Waals surface area contributed by atoms with Crippen LogP contribution in [-0.2, 0) is 25.3 Å². The van der Waals surface area contributed by atoms with E-state index in [2.05, 4.69) is 10.3 Å². The normalized spacial score (nSPS) is 14.3. The molecule has 0 amide bonds. The molecule has 0 fully saturated rings. The number of benzene rings is 1. The summed E-state index contributed by atoms with van der Waals surface area (Å²) in [6.45, 7) is 0.184. The van der Waals surface area contributed by atoms with Gasteiger partial charge in [-0.05, 0) is 60.2 Å². The first kappa shape index (κ1) is 24.5. The molecule has 0 saturated heterocycles. The van der Waals surface area contributed by atoms with E-state index >= 15 is 0 Å². The number of hydrogen-bond acceptors (Lipinski definition) is 4. The Morgan fingerprint density at radius 3 is 2.28 bits per heavy atom. The molecule has 12 heteroatoms. The summed E-state index contributed by atoms with van der Waals surface area (Å²) >= 11 is 8.22. The molecule has 36 heavy (non-hydrogen) atoms. The van der Waals surface area contributed by atoms with E-state index in [-0.39, 0.29) is 23.9 Å². The molecule has 4 aromatic rings. The van der Waals surface area contributed by atoms with Crippen LogP contribution < -0.4 is 0 Å². The van der Waals surface area contributed by atoms with Crippen LogP contribution in [-0.4, -0.2) is 20.0 Å². The van der Waals surface area contributed by atoms with Crippen LogP contribution in [0.4, 0.5) is 26.3 Å². The number of pyridine rings is 1. The zero-order valence-corrected chi connectivity index (χ0v) is 19.7. The third-order valence-electron chi connectivity index (χ3n) is 5.73. The first-order chi connectivity index (χ1) is 17.0. The number of fused-ring (bicyclic) bond motifs is 1. The van der Waals surface area contributed by atoms with Crippen molar-refractivity contribution in [3.63, 3.8) is 0 Å². The minimum atomic E-state index is -4.95. The van der Waals surface area contributed by atoms with Crippen molar-refractivity contribution < 1.29 is 26.3 Å². The standard InChI is InChI=1S/C24H15ClF6N4S/c25-22-13(3-5-18-17(22)4-6-19(32-18)21-2-1-7-36-21)11-35-12-20(33-34-35)14-8-15(23(26,27)28)10-16(9-14)24(29,30)31/h1-2,4,6-10,12H,3,5,11H2. The third-order valence-corrected chi connectivity index (χ3v) is 7.10. The Morgan fingerprint density at radius 2 is 1.64 bits per heavy atom. The Bertz CT molecular complexity index is 1420. The number of aromatic nitrogens is 4. The Hall–Kier alpha value is -3.18. The van der Waals surface area contributed by atoms with Gasteiger partial charge in [-0.2, -0.15) is 26.3 Å². The average Bonchev–Trinajstić information content (AvgIpc) is 3.52. The van der Waals surface area contributed by atoms with E-state index < -0.39 is 23.5 Å². The first-order valence-corrected chi connectivity index (χ1v) is 11.9. The maximum atomic E-state index is 13.2. The van der Waals surface area contributed by atoms with E-state index in [1.54, 1.807) is 11.3 Å². The highest BCUT2D eigenvalue weighted by Gasteiger charge is 2.37. The molecule has 0 saturated carbocycles. The lowest BCUT2D eigenvalue weighted by molar-refractivity contribution is -0.143. The van der Waals surface area contributed by atoms with Crippen molar-refractivity contribution in [2.24, 2.45) is 0 Å². The number of allylic oxidation sites excluding steroid dienone is 1. The van der Waals surface area contributed by atoms with E-state index in [1.165, 1.54) is 10.9 Å². The molecule has 1 aliphatic carbocycles. The second-order valence-corrected chi connectivity index (χ2v) is 9.51. The fourth-order valence-electron chi connectivity index (χ4n) is 3.98. The summed E-state index contributed by atoms with van der Waals surface area (Å²) < 4.78 is 80.6. The van der Waals surface area contributed by atoms with Crippen molar-refractivity contribution in [3.8, 4) is 21.8 Å². The smallest absolute Gasteiger partial charge is 0.251 e. The molecule has 1 aliphatic rings. The molecule has 5 rings (SSSR count). The van der Waals surface area contributed by atoms with Crippen LogP contribution in [0.25, 0.3) is 26.9 Å². The second-order valence-electron chi connectivity index (χ2n) is 8.18. The molecular weight excluding hydrogens is 526 g/mol. The number of halogens is 7. The van der Waals surface area contributed by atoms with Crippen molar-refractivity contribution in [1.29, 1.82) is 0 Å². The fourth-order valence-corrected chi connectivity index (χ4v) is 5.00. The lowest BCUT2D eigenvalue weighted by Crippen LogP contribution is -2.11. The minimum absolute atomic E-state index is 0.0792. The first-order valence-electron chi connectivity index (χ1n) is 10.6. The van der Waals surface area contributed by atoms with Crippen molar-refractivity contribution in [2.45, 2.75) is 31.7 Å². The molecule has 3 heterocycles. The van der Waals surface area contributed by atoms with Gasteiger partial charge in [-0.25, -0.2) is 4.68 Å². The summed E-state index contributed by atoms with van der Waals surface area (Å²) in [4.78, 5) is 5.76. The molecule has 3 aromatic heterocycles. The fraction of sp³-hybridized carbons (Fsp3) is 0.208. The van der Waals surface area contributed by atoms with Crippen molar-refractivity contribution in [1.82, 2.24) is 20.0 Å². The summed E-state index contributed by atoms with van der Waals surface area (Å²) in [7, 11) is 0. The van der Waals surface area contributed by atoms with Gasteiger partial charge in [-0.3, -0.25) is 4.98 Å². The highest BCUT2D eigenvalue weighted by atomic mass is 35.5. The van der Waals surface area contributed by atoms with Gasteiger partial charge in [-0.15, -0.1) is 16.4 Å². The maximum absolute atomic E-state index is 13.2. The Balaban J connectivity index is 1.43. The van der Waals surface area contributed by atoms with Crippen LogP contribution in [0.3, 0.4) is 0 Å². The number of nitrogens with zero attached hydrogens (tertiary/aromatic N) is 4. The molecule has 0 atom stereocenters. The van der Waals surface area contributed by atoms with Gasteiger partial charge in [0, 0.05) is 11.1 Å². The van der Waals surface area contributed by atoms with Gasteiger partial charge >= 0.3 is 12.4 Å². The van der Waals surface area contributed by atoms with Gasteiger partial charge in [0.25, 0.3) is 0 Å². The highest BCUT2D eigenvalue weighted by Crippen LogP contribution is 2.39. The Kier molecular flexibility index (Phi) is 6.16. The summed E-state index contributed by atoms with van der Waals surface area (Å²) in [5, 5.41) is 10.2. The maximum Gasteiger partial charge on any atom is 0.416 e. The number of hydrogen-bond donors (Lipinski definition) is 0. The molecule has 1 aromatic carbocycles. The predicted molar refractivity (Wildman–Crippen MR) is 124 cm³/mol. The lowest BCUT2D eigenvalue weighted by atomic mass is 9.95. The van der Waals surface area contributed by atoms with Crippen LogP contribution in [0.2, 0.25) is 0 Å². The summed E-state index contributed by atoms with van der Waals surface area (Å²) in [6, 6.07) is 9.04. The average molecular weight is 541 g/mol. The van der Waals surface area contributed by atoms with Crippen molar-refractivity contribution >= 4 is 28.0 Å². The lowest BCUT2D eigenvalue weighted by Gasteiger charge is -2.19. The molecular formula is C24H15ClF6N4S.